The standard InChI is InChI=1S/C36H30N4/c37-22-6-5-7-25(18-22)39-32-10-3-1-8-27(32)26-16-17-36(21-29(26)36)40-24-14-12-23(13-15-24)38-33-11-4-2-9-28(33)34-30-19-35(30)20-31(34)35/h1-16,18,21,30,38-40H,17,19-20,37H2. The number of hydrogen-bond donors (Lipinski definition) is 4. The van der Waals surface area contributed by atoms with Gasteiger partial charge in [0.1, 0.15) is 0 Å². The van der Waals surface area contributed by atoms with Gasteiger partial charge in [-0.15, -0.1) is 0 Å². The lowest BCUT2D eigenvalue weighted by molar-refractivity contribution is 0.822. The lowest BCUT2D eigenvalue weighted by atomic mass is 9.90. The fourth-order valence-corrected chi connectivity index (χ4v) is 7.29. The van der Waals surface area contributed by atoms with Crippen molar-refractivity contribution in [3.05, 3.63) is 131 Å². The minimum atomic E-state index is -0.0831. The number of nitrogens with one attached hydrogen (secondary N) is 3. The number of nitrogens with two attached hydrogens (primary N) is 1. The van der Waals surface area contributed by atoms with Gasteiger partial charge in [0.2, 0.25) is 0 Å². The van der Waals surface area contributed by atoms with Crippen LogP contribution in [-0.4, -0.2) is 5.54 Å². The molecule has 4 aromatic rings. The number of anilines is 6. The largest absolute Gasteiger partial charge is 0.399 e. The topological polar surface area (TPSA) is 62.1 Å². The summed E-state index contributed by atoms with van der Waals surface area (Å²) in [6.07, 6.45) is 8.42. The number of hydrogen-bond acceptors (Lipinski definition) is 4. The average Bonchev–Trinajstić information content (AvgIpc) is 3.91. The monoisotopic (exact) mass is 518 g/mol. The number of para-hydroxylation sites is 2. The highest BCUT2D eigenvalue weighted by Gasteiger charge is 2.77. The summed E-state index contributed by atoms with van der Waals surface area (Å²) in [5.41, 5.74) is 21.6. The van der Waals surface area contributed by atoms with Crippen molar-refractivity contribution in [3.63, 3.8) is 0 Å². The first-order chi connectivity index (χ1) is 19.6. The smallest absolute Gasteiger partial charge is 0.0855 e. The zero-order chi connectivity index (χ0) is 26.5. The van der Waals surface area contributed by atoms with E-state index in [2.05, 4.69) is 101 Å². The maximum atomic E-state index is 6.00. The summed E-state index contributed by atoms with van der Waals surface area (Å²) in [7, 11) is 0. The second kappa shape index (κ2) is 7.70. The van der Waals surface area contributed by atoms with Gasteiger partial charge in [0.25, 0.3) is 0 Å². The van der Waals surface area contributed by atoms with E-state index < -0.39 is 0 Å². The minimum absolute atomic E-state index is 0.0831. The maximum absolute atomic E-state index is 6.00. The van der Waals surface area contributed by atoms with Gasteiger partial charge in [-0.05, 0) is 103 Å². The molecule has 0 aromatic heterocycles. The van der Waals surface area contributed by atoms with E-state index in [0.29, 0.717) is 5.41 Å². The van der Waals surface area contributed by atoms with Crippen LogP contribution in [0, 0.1) is 11.3 Å². The highest BCUT2D eigenvalue weighted by molar-refractivity contribution is 5.98. The molecule has 0 heterocycles. The van der Waals surface area contributed by atoms with Crippen LogP contribution < -0.4 is 21.7 Å². The molecule has 0 saturated heterocycles. The molecule has 0 amide bonds. The number of nitrogen functional groups attached to an aromatic ring is 1. The van der Waals surface area contributed by atoms with Crippen LogP contribution in [0.5, 0.6) is 0 Å². The summed E-state index contributed by atoms with van der Waals surface area (Å²) < 4.78 is 0. The second-order valence-electron chi connectivity index (χ2n) is 12.0. The average molecular weight is 519 g/mol. The Kier molecular flexibility index (Phi) is 4.26. The molecule has 4 aromatic carbocycles. The van der Waals surface area contributed by atoms with Gasteiger partial charge < -0.3 is 21.7 Å². The van der Waals surface area contributed by atoms with Crippen LogP contribution in [0.2, 0.25) is 0 Å². The Balaban J connectivity index is 0.897. The van der Waals surface area contributed by atoms with Crippen molar-refractivity contribution in [2.24, 2.45) is 11.3 Å². The predicted octanol–water partition coefficient (Wildman–Crippen LogP) is 8.51. The molecule has 2 saturated carbocycles. The molecule has 0 bridgehead atoms. The molecule has 194 valence electrons. The molecule has 5 aliphatic carbocycles. The third kappa shape index (κ3) is 3.26. The van der Waals surface area contributed by atoms with Crippen molar-refractivity contribution >= 4 is 45.3 Å². The quantitative estimate of drug-likeness (QED) is 0.177. The van der Waals surface area contributed by atoms with Gasteiger partial charge in [0, 0.05) is 50.7 Å². The van der Waals surface area contributed by atoms with E-state index in [1.165, 1.54) is 40.8 Å². The van der Waals surface area contributed by atoms with Crippen molar-refractivity contribution in [1.29, 1.82) is 0 Å². The zero-order valence-electron chi connectivity index (χ0n) is 22.2. The Morgan fingerprint density at radius 3 is 2.17 bits per heavy atom. The van der Waals surface area contributed by atoms with E-state index in [0.717, 1.165) is 40.8 Å². The minimum Gasteiger partial charge on any atom is -0.399 e. The van der Waals surface area contributed by atoms with Gasteiger partial charge in [-0.25, -0.2) is 0 Å². The third-order valence-corrected chi connectivity index (χ3v) is 9.55. The summed E-state index contributed by atoms with van der Waals surface area (Å²) in [6, 6.07) is 33.9. The summed E-state index contributed by atoms with van der Waals surface area (Å²) in [5, 5.41) is 11.1. The molecule has 0 radical (unpaired) electrons. The van der Waals surface area contributed by atoms with Gasteiger partial charge in [0.15, 0.2) is 0 Å². The van der Waals surface area contributed by atoms with Gasteiger partial charge >= 0.3 is 0 Å². The molecule has 5 N–H and O–H groups in total. The number of allylic oxidation sites excluding steroid dienone is 2. The molecular formula is C36H30N4. The molecular weight excluding hydrogens is 488 g/mol. The van der Waals surface area contributed by atoms with Gasteiger partial charge in [0.05, 0.1) is 5.54 Å². The van der Waals surface area contributed by atoms with E-state index in [1.807, 2.05) is 24.3 Å². The zero-order valence-corrected chi connectivity index (χ0v) is 22.2. The van der Waals surface area contributed by atoms with E-state index in [1.54, 1.807) is 11.1 Å². The SMILES string of the molecule is Nc1cccc(Nc2ccccc2C2=CCC3(Nc4ccc(Nc5ccccc5C5=C6CC67CC57)cc4)C=C23)c1. The summed E-state index contributed by atoms with van der Waals surface area (Å²) >= 11 is 0. The Morgan fingerprint density at radius 1 is 0.725 bits per heavy atom. The van der Waals surface area contributed by atoms with Crippen molar-refractivity contribution in [2.75, 3.05) is 21.7 Å². The Morgan fingerprint density at radius 2 is 1.45 bits per heavy atom. The molecule has 9 rings (SSSR count). The lowest BCUT2D eigenvalue weighted by Gasteiger charge is -2.20. The Labute approximate surface area is 234 Å². The van der Waals surface area contributed by atoms with Crippen molar-refractivity contribution in [3.8, 4) is 0 Å². The molecule has 0 aliphatic heterocycles. The summed E-state index contributed by atoms with van der Waals surface area (Å²) in [4.78, 5) is 0. The number of benzene rings is 4. The maximum Gasteiger partial charge on any atom is 0.0855 e. The Hall–Kier alpha value is -4.70. The molecule has 3 atom stereocenters. The Bertz CT molecular complexity index is 1830. The second-order valence-corrected chi connectivity index (χ2v) is 12.0. The first-order valence-corrected chi connectivity index (χ1v) is 14.3. The van der Waals surface area contributed by atoms with Gasteiger partial charge in [-0.3, -0.25) is 0 Å². The molecule has 2 fully saturated rings. The highest BCUT2D eigenvalue weighted by atomic mass is 15.0. The van der Waals surface area contributed by atoms with E-state index in [4.69, 9.17) is 5.73 Å². The third-order valence-electron chi connectivity index (χ3n) is 9.55. The molecule has 40 heavy (non-hydrogen) atoms. The molecule has 4 heteroatoms. The normalized spacial score (nSPS) is 25.9. The fourth-order valence-electron chi connectivity index (χ4n) is 7.29. The fraction of sp³-hybridized carbons (Fsp3) is 0.167. The number of fused-ring (bicyclic) bond motifs is 1. The first-order valence-electron chi connectivity index (χ1n) is 14.3. The predicted molar refractivity (Wildman–Crippen MR) is 166 cm³/mol. The van der Waals surface area contributed by atoms with Crippen LogP contribution in [0.15, 0.2) is 120 Å². The van der Waals surface area contributed by atoms with Crippen LogP contribution in [0.3, 0.4) is 0 Å². The lowest BCUT2D eigenvalue weighted by Crippen LogP contribution is -2.22. The van der Waals surface area contributed by atoms with Gasteiger partial charge in [-0.1, -0.05) is 54.1 Å². The number of rotatable bonds is 8. The van der Waals surface area contributed by atoms with E-state index in [9.17, 15) is 0 Å². The van der Waals surface area contributed by atoms with E-state index >= 15 is 0 Å². The van der Waals surface area contributed by atoms with E-state index in [-0.39, 0.29) is 5.54 Å². The van der Waals surface area contributed by atoms with Crippen molar-refractivity contribution < 1.29 is 0 Å². The van der Waals surface area contributed by atoms with Crippen LogP contribution in [0.1, 0.15) is 30.4 Å². The molecule has 1 spiro atoms. The summed E-state index contributed by atoms with van der Waals surface area (Å²) in [5.74, 6) is 0.835. The van der Waals surface area contributed by atoms with Gasteiger partial charge in [-0.2, -0.15) is 0 Å². The molecule has 3 unspecified atom stereocenters. The van der Waals surface area contributed by atoms with Crippen LogP contribution in [0.25, 0.3) is 11.1 Å². The van der Waals surface area contributed by atoms with Crippen LogP contribution in [-0.2, 0) is 0 Å². The van der Waals surface area contributed by atoms with Crippen LogP contribution in [0.4, 0.5) is 34.1 Å². The van der Waals surface area contributed by atoms with Crippen molar-refractivity contribution in [2.45, 2.75) is 24.8 Å². The summed E-state index contributed by atoms with van der Waals surface area (Å²) in [6.45, 7) is 0. The molecule has 5 aliphatic rings. The first kappa shape index (κ1) is 22.2. The van der Waals surface area contributed by atoms with Crippen LogP contribution >= 0.6 is 0 Å². The highest BCUT2D eigenvalue weighted by Crippen LogP contribution is 2.88. The van der Waals surface area contributed by atoms with Crippen molar-refractivity contribution in [1.82, 2.24) is 0 Å². The molecule has 4 nitrogen and oxygen atoms in total.